The molecule has 0 aromatic heterocycles. The SMILES string of the molecule is CCNCCCCCCOC1CCCC1. The van der Waals surface area contributed by atoms with E-state index in [4.69, 9.17) is 4.74 Å². The van der Waals surface area contributed by atoms with Crippen LogP contribution < -0.4 is 5.32 Å². The summed E-state index contributed by atoms with van der Waals surface area (Å²) < 4.78 is 5.82. The van der Waals surface area contributed by atoms with Gasteiger partial charge in [-0.2, -0.15) is 0 Å². The van der Waals surface area contributed by atoms with Gasteiger partial charge in [0.25, 0.3) is 0 Å². The number of ether oxygens (including phenoxy) is 1. The molecule has 0 spiro atoms. The summed E-state index contributed by atoms with van der Waals surface area (Å²) in [5, 5.41) is 3.35. The van der Waals surface area contributed by atoms with Crippen LogP contribution in [0.25, 0.3) is 0 Å². The average molecular weight is 213 g/mol. The summed E-state index contributed by atoms with van der Waals surface area (Å²) in [5.41, 5.74) is 0. The molecular weight excluding hydrogens is 186 g/mol. The van der Waals surface area contributed by atoms with Crippen molar-refractivity contribution < 1.29 is 4.74 Å². The topological polar surface area (TPSA) is 21.3 Å². The first-order chi connectivity index (χ1) is 7.43. The molecule has 90 valence electrons. The van der Waals surface area contributed by atoms with Crippen LogP contribution in [0.2, 0.25) is 0 Å². The van der Waals surface area contributed by atoms with Gasteiger partial charge in [-0.15, -0.1) is 0 Å². The van der Waals surface area contributed by atoms with Crippen molar-refractivity contribution in [2.24, 2.45) is 0 Å². The average Bonchev–Trinajstić information content (AvgIpc) is 2.75. The van der Waals surface area contributed by atoms with Crippen LogP contribution >= 0.6 is 0 Å². The highest BCUT2D eigenvalue weighted by Crippen LogP contribution is 2.21. The van der Waals surface area contributed by atoms with Gasteiger partial charge in [0.2, 0.25) is 0 Å². The molecule has 1 aliphatic rings. The Hall–Kier alpha value is -0.0800. The van der Waals surface area contributed by atoms with Gasteiger partial charge in [0, 0.05) is 6.61 Å². The maximum atomic E-state index is 5.82. The third kappa shape index (κ3) is 6.91. The minimum Gasteiger partial charge on any atom is -0.378 e. The second kappa shape index (κ2) is 9.17. The van der Waals surface area contributed by atoms with Gasteiger partial charge in [-0.05, 0) is 38.8 Å². The van der Waals surface area contributed by atoms with Crippen molar-refractivity contribution in [3.05, 3.63) is 0 Å². The van der Waals surface area contributed by atoms with E-state index in [1.54, 1.807) is 0 Å². The van der Waals surface area contributed by atoms with Crippen molar-refractivity contribution in [3.8, 4) is 0 Å². The van der Waals surface area contributed by atoms with Gasteiger partial charge in [0.05, 0.1) is 6.10 Å². The highest BCUT2D eigenvalue weighted by molar-refractivity contribution is 4.66. The normalized spacial score (nSPS) is 17.4. The van der Waals surface area contributed by atoms with E-state index in [0.717, 1.165) is 13.2 Å². The lowest BCUT2D eigenvalue weighted by atomic mass is 10.2. The van der Waals surface area contributed by atoms with Crippen molar-refractivity contribution in [1.29, 1.82) is 0 Å². The van der Waals surface area contributed by atoms with Crippen molar-refractivity contribution in [2.75, 3.05) is 19.7 Å². The van der Waals surface area contributed by atoms with Gasteiger partial charge >= 0.3 is 0 Å². The molecule has 0 aromatic carbocycles. The van der Waals surface area contributed by atoms with Crippen LogP contribution in [0, 0.1) is 0 Å². The van der Waals surface area contributed by atoms with Crippen LogP contribution in [-0.4, -0.2) is 25.8 Å². The van der Waals surface area contributed by atoms with E-state index in [2.05, 4.69) is 12.2 Å². The molecule has 1 fully saturated rings. The first kappa shape index (κ1) is 13.0. The molecule has 0 saturated heterocycles. The predicted octanol–water partition coefficient (Wildman–Crippen LogP) is 3.12. The fraction of sp³-hybridized carbons (Fsp3) is 1.00. The van der Waals surface area contributed by atoms with E-state index in [-0.39, 0.29) is 0 Å². The van der Waals surface area contributed by atoms with E-state index >= 15 is 0 Å². The Labute approximate surface area is 94.8 Å². The van der Waals surface area contributed by atoms with Gasteiger partial charge in [0.1, 0.15) is 0 Å². The molecule has 0 radical (unpaired) electrons. The second-order valence-corrected chi connectivity index (χ2v) is 4.55. The highest BCUT2D eigenvalue weighted by atomic mass is 16.5. The van der Waals surface area contributed by atoms with Crippen LogP contribution in [-0.2, 0) is 4.74 Å². The van der Waals surface area contributed by atoms with Crippen LogP contribution in [0.1, 0.15) is 58.3 Å². The Bertz CT molecular complexity index is 132. The minimum atomic E-state index is 0.603. The molecule has 1 rings (SSSR count). The molecule has 2 nitrogen and oxygen atoms in total. The summed E-state index contributed by atoms with van der Waals surface area (Å²) in [6.45, 7) is 5.44. The second-order valence-electron chi connectivity index (χ2n) is 4.55. The number of hydrogen-bond donors (Lipinski definition) is 1. The standard InChI is InChI=1S/C13H27NO/c1-2-14-11-7-3-4-8-12-15-13-9-5-6-10-13/h13-14H,2-12H2,1H3. The largest absolute Gasteiger partial charge is 0.378 e. The van der Waals surface area contributed by atoms with E-state index in [0.29, 0.717) is 6.10 Å². The Balaban J connectivity index is 1.73. The van der Waals surface area contributed by atoms with Crippen LogP contribution in [0.3, 0.4) is 0 Å². The van der Waals surface area contributed by atoms with Gasteiger partial charge in [-0.3, -0.25) is 0 Å². The van der Waals surface area contributed by atoms with Gasteiger partial charge < -0.3 is 10.1 Å². The fourth-order valence-corrected chi connectivity index (χ4v) is 2.19. The third-order valence-electron chi connectivity index (χ3n) is 3.15. The Kier molecular flexibility index (Phi) is 7.94. The molecule has 15 heavy (non-hydrogen) atoms. The molecule has 0 unspecified atom stereocenters. The summed E-state index contributed by atoms with van der Waals surface area (Å²) in [6, 6.07) is 0. The van der Waals surface area contributed by atoms with Crippen molar-refractivity contribution in [2.45, 2.75) is 64.4 Å². The van der Waals surface area contributed by atoms with Crippen molar-refractivity contribution in [3.63, 3.8) is 0 Å². The number of rotatable bonds is 9. The molecule has 2 heteroatoms. The van der Waals surface area contributed by atoms with E-state index in [1.165, 1.54) is 57.9 Å². The first-order valence-corrected chi connectivity index (χ1v) is 6.76. The van der Waals surface area contributed by atoms with Crippen LogP contribution in [0.15, 0.2) is 0 Å². The molecule has 0 bridgehead atoms. The Morgan fingerprint density at radius 3 is 2.53 bits per heavy atom. The lowest BCUT2D eigenvalue weighted by molar-refractivity contribution is 0.0556. The lowest BCUT2D eigenvalue weighted by Gasteiger charge is -2.10. The Morgan fingerprint density at radius 2 is 1.80 bits per heavy atom. The van der Waals surface area contributed by atoms with Gasteiger partial charge in [0.15, 0.2) is 0 Å². The predicted molar refractivity (Wildman–Crippen MR) is 65.2 cm³/mol. The summed E-state index contributed by atoms with van der Waals surface area (Å²) in [7, 11) is 0. The van der Waals surface area contributed by atoms with Crippen LogP contribution in [0.5, 0.6) is 0 Å². The molecule has 0 aromatic rings. The minimum absolute atomic E-state index is 0.603. The lowest BCUT2D eigenvalue weighted by Crippen LogP contribution is -2.13. The molecule has 1 saturated carbocycles. The monoisotopic (exact) mass is 213 g/mol. The van der Waals surface area contributed by atoms with Gasteiger partial charge in [-0.25, -0.2) is 0 Å². The molecule has 0 amide bonds. The fourth-order valence-electron chi connectivity index (χ4n) is 2.19. The first-order valence-electron chi connectivity index (χ1n) is 6.76. The van der Waals surface area contributed by atoms with E-state index in [9.17, 15) is 0 Å². The molecular formula is C13H27NO. The van der Waals surface area contributed by atoms with E-state index in [1.807, 2.05) is 0 Å². The number of nitrogens with one attached hydrogen (secondary N) is 1. The molecule has 1 N–H and O–H groups in total. The Morgan fingerprint density at radius 1 is 1.07 bits per heavy atom. The summed E-state index contributed by atoms with van der Waals surface area (Å²) >= 11 is 0. The van der Waals surface area contributed by atoms with E-state index < -0.39 is 0 Å². The zero-order valence-electron chi connectivity index (χ0n) is 10.3. The third-order valence-corrected chi connectivity index (χ3v) is 3.15. The zero-order chi connectivity index (χ0) is 10.8. The molecule has 0 atom stereocenters. The smallest absolute Gasteiger partial charge is 0.0575 e. The van der Waals surface area contributed by atoms with Crippen molar-refractivity contribution in [1.82, 2.24) is 5.32 Å². The maximum Gasteiger partial charge on any atom is 0.0575 e. The van der Waals surface area contributed by atoms with Crippen LogP contribution in [0.4, 0.5) is 0 Å². The quantitative estimate of drug-likeness (QED) is 0.594. The number of hydrogen-bond acceptors (Lipinski definition) is 2. The molecule has 1 aliphatic carbocycles. The highest BCUT2D eigenvalue weighted by Gasteiger charge is 2.14. The number of unbranched alkanes of at least 4 members (excludes halogenated alkanes) is 3. The summed E-state index contributed by atoms with van der Waals surface area (Å²) in [4.78, 5) is 0. The maximum absolute atomic E-state index is 5.82. The van der Waals surface area contributed by atoms with Crippen molar-refractivity contribution >= 4 is 0 Å². The molecule has 0 aliphatic heterocycles. The van der Waals surface area contributed by atoms with Gasteiger partial charge in [-0.1, -0.05) is 32.6 Å². The molecule has 0 heterocycles. The summed E-state index contributed by atoms with van der Waals surface area (Å²) in [6.07, 6.45) is 11.2. The summed E-state index contributed by atoms with van der Waals surface area (Å²) in [5.74, 6) is 0. The zero-order valence-corrected chi connectivity index (χ0v) is 10.3.